The first kappa shape index (κ1) is 53.5. The molecule has 4 heterocycles. The second kappa shape index (κ2) is 21.7. The minimum atomic E-state index is -0.562. The Morgan fingerprint density at radius 3 is 1.35 bits per heavy atom. The molecule has 12 atom stereocenters. The summed E-state index contributed by atoms with van der Waals surface area (Å²) in [4.78, 5) is 24.1. The smallest absolute Gasteiger partial charge is 0.158 e. The van der Waals surface area contributed by atoms with E-state index >= 15 is 0 Å². The third-order valence-corrected chi connectivity index (χ3v) is 15.3. The molecule has 0 aromatic carbocycles. The molecule has 4 aliphatic heterocycles. The highest BCUT2D eigenvalue weighted by atomic mass is 16.6. The van der Waals surface area contributed by atoms with Gasteiger partial charge in [0.25, 0.3) is 0 Å². The number of rotatable bonds is 24. The predicted molar refractivity (Wildman–Crippen MR) is 237 cm³/mol. The second-order valence-electron chi connectivity index (χ2n) is 22.6. The maximum Gasteiger partial charge on any atom is 0.158 e. The topological polar surface area (TPSA) is 147 Å². The minimum absolute atomic E-state index is 0.00437. The van der Waals surface area contributed by atoms with Crippen molar-refractivity contribution in [3.63, 3.8) is 0 Å². The van der Waals surface area contributed by atoms with Crippen LogP contribution in [-0.4, -0.2) is 150 Å². The SMILES string of the molecule is CC(=O)C(C)OCC1(C)CC(C)(COCC2CCC(C)(COCC3(C)COC(C)(COCC4CCC(C)(COC(C)C)OC4)CC3(C)COC(C)C(C)=O)OC2)OCC1(C)CO. The first-order chi connectivity index (χ1) is 28.7. The lowest BCUT2D eigenvalue weighted by Gasteiger charge is -2.55. The van der Waals surface area contributed by atoms with Gasteiger partial charge in [-0.15, -0.1) is 0 Å². The van der Waals surface area contributed by atoms with Crippen molar-refractivity contribution < 1.29 is 62.1 Å². The van der Waals surface area contributed by atoms with E-state index in [9.17, 15) is 14.7 Å². The highest BCUT2D eigenvalue weighted by Gasteiger charge is 2.56. The maximum atomic E-state index is 12.2. The van der Waals surface area contributed by atoms with E-state index in [1.165, 1.54) is 6.92 Å². The summed E-state index contributed by atoms with van der Waals surface area (Å²) in [6.07, 6.45) is 4.23. The van der Waals surface area contributed by atoms with Gasteiger partial charge in [0.15, 0.2) is 11.6 Å². The van der Waals surface area contributed by atoms with Crippen molar-refractivity contribution in [1.82, 2.24) is 0 Å². The van der Waals surface area contributed by atoms with E-state index in [0.29, 0.717) is 105 Å². The van der Waals surface area contributed by atoms with Gasteiger partial charge in [0.1, 0.15) is 12.2 Å². The Balaban J connectivity index is 1.25. The van der Waals surface area contributed by atoms with Crippen molar-refractivity contribution in [2.75, 3.05) is 92.5 Å². The van der Waals surface area contributed by atoms with Crippen LogP contribution in [0.2, 0.25) is 0 Å². The first-order valence-corrected chi connectivity index (χ1v) is 23.5. The molecule has 4 fully saturated rings. The number of hydrogen-bond donors (Lipinski definition) is 1. The Labute approximate surface area is 374 Å². The van der Waals surface area contributed by atoms with Crippen LogP contribution in [0.3, 0.4) is 0 Å². The quantitative estimate of drug-likeness (QED) is 0.104. The fourth-order valence-corrected chi connectivity index (χ4v) is 9.31. The average molecular weight is 885 g/mol. The summed E-state index contributed by atoms with van der Waals surface area (Å²) in [5.74, 6) is 0.552. The average Bonchev–Trinajstić information content (AvgIpc) is 3.20. The molecule has 0 saturated carbocycles. The van der Waals surface area contributed by atoms with Crippen molar-refractivity contribution in [3.05, 3.63) is 0 Å². The van der Waals surface area contributed by atoms with Crippen molar-refractivity contribution in [2.24, 2.45) is 33.5 Å². The molecule has 1 N–H and O–H groups in total. The van der Waals surface area contributed by atoms with Crippen LogP contribution in [0.5, 0.6) is 0 Å². The summed E-state index contributed by atoms with van der Waals surface area (Å²) in [6.45, 7) is 34.1. The number of ether oxygens (including phenoxy) is 10. The number of aliphatic hydroxyl groups excluding tert-OH is 1. The van der Waals surface area contributed by atoms with Gasteiger partial charge < -0.3 is 52.5 Å². The van der Waals surface area contributed by atoms with Crippen molar-refractivity contribution in [1.29, 1.82) is 0 Å². The van der Waals surface area contributed by atoms with E-state index in [0.717, 1.165) is 25.7 Å². The molecular formula is C49H88O13. The van der Waals surface area contributed by atoms with Gasteiger partial charge in [-0.25, -0.2) is 0 Å². The van der Waals surface area contributed by atoms with E-state index in [1.54, 1.807) is 13.8 Å². The number of carbonyl (C=O) groups excluding carboxylic acids is 2. The molecule has 4 rings (SSSR count). The van der Waals surface area contributed by atoms with Crippen molar-refractivity contribution in [2.45, 2.75) is 176 Å². The summed E-state index contributed by atoms with van der Waals surface area (Å²) in [6, 6.07) is 0. The number of ketones is 2. The molecule has 362 valence electrons. The largest absolute Gasteiger partial charge is 0.396 e. The van der Waals surface area contributed by atoms with Gasteiger partial charge >= 0.3 is 0 Å². The standard InChI is InChI=1S/C49H88O13/c1-35(2)56-34-47(12)18-16-41(22-60-47)20-54-33-49(14)24-43(8,28-58-39(6)37(4)52)45(10,30-62-49)26-55-31-46(11)17-15-40(21-59-46)19-53-32-48(13)23-42(7,27-57-38(5)36(3)51)44(9,25-50)29-61-48/h35,38-41,50H,15-34H2,1-14H3. The zero-order chi connectivity index (χ0) is 46.3. The van der Waals surface area contributed by atoms with Gasteiger partial charge in [-0.2, -0.15) is 0 Å². The van der Waals surface area contributed by atoms with Crippen molar-refractivity contribution >= 4 is 11.6 Å². The zero-order valence-electron chi connectivity index (χ0n) is 41.4. The van der Waals surface area contributed by atoms with Crippen LogP contribution in [0.25, 0.3) is 0 Å². The predicted octanol–water partition coefficient (Wildman–Crippen LogP) is 7.20. The molecule has 0 aromatic heterocycles. The van der Waals surface area contributed by atoms with Crippen molar-refractivity contribution in [3.8, 4) is 0 Å². The molecule has 0 aliphatic carbocycles. The van der Waals surface area contributed by atoms with E-state index in [1.807, 2.05) is 27.7 Å². The Morgan fingerprint density at radius 2 is 0.952 bits per heavy atom. The van der Waals surface area contributed by atoms with Gasteiger partial charge in [0.2, 0.25) is 0 Å². The van der Waals surface area contributed by atoms with Crippen LogP contribution in [0.4, 0.5) is 0 Å². The van der Waals surface area contributed by atoms with Crippen LogP contribution in [0, 0.1) is 33.5 Å². The Kier molecular flexibility index (Phi) is 18.7. The highest BCUT2D eigenvalue weighted by molar-refractivity contribution is 5.80. The lowest BCUT2D eigenvalue weighted by atomic mass is 9.60. The summed E-state index contributed by atoms with van der Waals surface area (Å²) >= 11 is 0. The molecule has 4 aliphatic rings. The first-order valence-electron chi connectivity index (χ1n) is 23.5. The summed E-state index contributed by atoms with van der Waals surface area (Å²) in [7, 11) is 0. The molecule has 62 heavy (non-hydrogen) atoms. The normalized spacial score (nSPS) is 40.3. The molecule has 0 amide bonds. The maximum absolute atomic E-state index is 12.2. The highest BCUT2D eigenvalue weighted by Crippen LogP contribution is 2.52. The van der Waals surface area contributed by atoms with Gasteiger partial charge in [0.05, 0.1) is 121 Å². The van der Waals surface area contributed by atoms with E-state index in [-0.39, 0.29) is 41.2 Å². The molecule has 0 spiro atoms. The van der Waals surface area contributed by atoms with Gasteiger partial charge in [0, 0.05) is 33.5 Å². The molecular weight excluding hydrogens is 797 g/mol. The van der Waals surface area contributed by atoms with Crippen LogP contribution < -0.4 is 0 Å². The molecule has 13 nitrogen and oxygen atoms in total. The van der Waals surface area contributed by atoms with E-state index < -0.39 is 45.3 Å². The second-order valence-corrected chi connectivity index (χ2v) is 22.6. The minimum Gasteiger partial charge on any atom is -0.396 e. The Hall–Kier alpha value is -1.10. The summed E-state index contributed by atoms with van der Waals surface area (Å²) in [5, 5.41) is 10.4. The molecule has 12 unspecified atom stereocenters. The van der Waals surface area contributed by atoms with E-state index in [2.05, 4.69) is 48.5 Å². The number of carbonyl (C=O) groups is 2. The monoisotopic (exact) mass is 885 g/mol. The van der Waals surface area contributed by atoms with Gasteiger partial charge in [-0.3, -0.25) is 9.59 Å². The number of hydrogen-bond acceptors (Lipinski definition) is 13. The third-order valence-electron chi connectivity index (χ3n) is 15.3. The zero-order valence-corrected chi connectivity index (χ0v) is 41.4. The third kappa shape index (κ3) is 14.2. The van der Waals surface area contributed by atoms with Gasteiger partial charge in [-0.05, 0) is 108 Å². The number of aliphatic hydroxyl groups is 1. The molecule has 0 bridgehead atoms. The van der Waals surface area contributed by atoms with E-state index in [4.69, 9.17) is 47.4 Å². The van der Waals surface area contributed by atoms with Crippen LogP contribution in [-0.2, 0) is 57.0 Å². The molecule has 0 aromatic rings. The molecule has 4 saturated heterocycles. The Morgan fingerprint density at radius 1 is 0.532 bits per heavy atom. The summed E-state index contributed by atoms with van der Waals surface area (Å²) < 4.78 is 63.2. The number of Topliss-reactive ketones (excluding diaryl/α,β-unsaturated/α-hetero) is 2. The lowest BCUT2D eigenvalue weighted by Crippen LogP contribution is -2.59. The summed E-state index contributed by atoms with van der Waals surface area (Å²) in [5.41, 5.74) is -3.48. The fourth-order valence-electron chi connectivity index (χ4n) is 9.31. The van der Waals surface area contributed by atoms with Crippen LogP contribution in [0.15, 0.2) is 0 Å². The van der Waals surface area contributed by atoms with Crippen LogP contribution >= 0.6 is 0 Å². The molecule has 0 radical (unpaired) electrons. The van der Waals surface area contributed by atoms with Crippen LogP contribution in [0.1, 0.15) is 135 Å². The lowest BCUT2D eigenvalue weighted by molar-refractivity contribution is -0.240. The van der Waals surface area contributed by atoms with Gasteiger partial charge in [-0.1, -0.05) is 27.7 Å². The fraction of sp³-hybridized carbons (Fsp3) is 0.959. The molecule has 13 heteroatoms. The Bertz CT molecular complexity index is 1430.